The number of hydrogen-bond donors (Lipinski definition) is 0. The van der Waals surface area contributed by atoms with Crippen LogP contribution in [0.3, 0.4) is 0 Å². The first-order valence-electron chi connectivity index (χ1n) is 9.46. The molecule has 2 heterocycles. The molecule has 1 atom stereocenters. The minimum Gasteiger partial charge on any atom is -0.462 e. The van der Waals surface area contributed by atoms with Crippen molar-refractivity contribution in [2.45, 2.75) is 43.5 Å². The van der Waals surface area contributed by atoms with Crippen LogP contribution in [0.25, 0.3) is 0 Å². The van der Waals surface area contributed by atoms with Gasteiger partial charge >= 0.3 is 12.1 Å². The van der Waals surface area contributed by atoms with Crippen LogP contribution >= 0.6 is 11.8 Å². The Morgan fingerprint density at radius 1 is 1.27 bits per heavy atom. The summed E-state index contributed by atoms with van der Waals surface area (Å²) < 4.78 is 44.7. The van der Waals surface area contributed by atoms with Crippen molar-refractivity contribution in [3.05, 3.63) is 52.8 Å². The van der Waals surface area contributed by atoms with Crippen LogP contribution in [-0.2, 0) is 10.9 Å². The van der Waals surface area contributed by atoms with E-state index < -0.39 is 23.6 Å². The van der Waals surface area contributed by atoms with Crippen LogP contribution in [0.15, 0.2) is 35.2 Å². The van der Waals surface area contributed by atoms with E-state index in [1.54, 1.807) is 13.8 Å². The number of benzene rings is 1. The highest BCUT2D eigenvalue weighted by molar-refractivity contribution is 8.00. The van der Waals surface area contributed by atoms with Crippen LogP contribution in [0.5, 0.6) is 0 Å². The Kier molecular flexibility index (Phi) is 6.40. The number of hydrogen-bond acceptors (Lipinski definition) is 5. The van der Waals surface area contributed by atoms with Crippen molar-refractivity contribution >= 4 is 29.3 Å². The Bertz CT molecular complexity index is 978. The van der Waals surface area contributed by atoms with Gasteiger partial charge in [-0.2, -0.15) is 13.2 Å². The molecule has 0 radical (unpaired) electrons. The number of nitrogens with zero attached hydrogens (tertiary/aromatic N) is 2. The van der Waals surface area contributed by atoms with Crippen molar-refractivity contribution in [3.63, 3.8) is 0 Å². The monoisotopic (exact) mass is 438 g/mol. The van der Waals surface area contributed by atoms with Crippen molar-refractivity contribution in [1.29, 1.82) is 0 Å². The highest BCUT2D eigenvalue weighted by Gasteiger charge is 2.34. The summed E-state index contributed by atoms with van der Waals surface area (Å²) in [6, 6.07) is 6.31. The number of aryl methyl sites for hydroxylation is 1. The lowest BCUT2D eigenvalue weighted by atomic mass is 10.1. The molecule has 0 bridgehead atoms. The third-order valence-electron chi connectivity index (χ3n) is 4.71. The zero-order valence-electron chi connectivity index (χ0n) is 16.7. The van der Waals surface area contributed by atoms with E-state index >= 15 is 0 Å². The molecule has 0 N–H and O–H groups in total. The van der Waals surface area contributed by atoms with E-state index in [0.717, 1.165) is 12.1 Å². The van der Waals surface area contributed by atoms with E-state index in [4.69, 9.17) is 4.74 Å². The van der Waals surface area contributed by atoms with Gasteiger partial charge in [0, 0.05) is 16.7 Å². The van der Waals surface area contributed by atoms with E-state index in [-0.39, 0.29) is 35.3 Å². The molecule has 1 aromatic carbocycles. The first-order chi connectivity index (χ1) is 14.1. The molecule has 0 spiro atoms. The van der Waals surface area contributed by atoms with Crippen LogP contribution in [0.4, 0.5) is 18.9 Å². The number of esters is 1. The topological polar surface area (TPSA) is 59.5 Å². The molecule has 1 aliphatic rings. The molecule has 1 aliphatic heterocycles. The molecule has 0 aliphatic carbocycles. The number of thioether (sulfide) groups is 1. The molecule has 0 saturated carbocycles. The number of aromatic nitrogens is 1. The van der Waals surface area contributed by atoms with E-state index in [2.05, 4.69) is 4.98 Å². The molecule has 1 aromatic heterocycles. The first-order valence-corrected chi connectivity index (χ1v) is 10.3. The molecular weight excluding hydrogens is 417 g/mol. The summed E-state index contributed by atoms with van der Waals surface area (Å²) in [6.45, 7) is 5.71. The number of halogens is 3. The van der Waals surface area contributed by atoms with E-state index in [9.17, 15) is 22.8 Å². The SMILES string of the molecule is CCOC(=O)c1ccc(C(=O)N2CCC(C)Sc3ccc(C(F)(F)F)cc32)nc1C. The summed E-state index contributed by atoms with van der Waals surface area (Å²) in [7, 11) is 0. The third-order valence-corrected chi connectivity index (χ3v) is 5.95. The third kappa shape index (κ3) is 4.61. The van der Waals surface area contributed by atoms with Gasteiger partial charge in [0.2, 0.25) is 0 Å². The number of rotatable bonds is 3. The molecule has 1 amide bonds. The van der Waals surface area contributed by atoms with Gasteiger partial charge in [-0.05, 0) is 50.6 Å². The highest BCUT2D eigenvalue weighted by atomic mass is 32.2. The molecule has 0 fully saturated rings. The average Bonchev–Trinajstić information content (AvgIpc) is 2.84. The smallest absolute Gasteiger partial charge is 0.416 e. The zero-order valence-corrected chi connectivity index (χ0v) is 17.6. The van der Waals surface area contributed by atoms with Gasteiger partial charge in [0.15, 0.2) is 0 Å². The minimum absolute atomic E-state index is 0.0588. The summed E-state index contributed by atoms with van der Waals surface area (Å²) in [5, 5.41) is 0.138. The van der Waals surface area contributed by atoms with Crippen LogP contribution in [0, 0.1) is 6.92 Å². The average molecular weight is 438 g/mol. The van der Waals surface area contributed by atoms with E-state index in [0.29, 0.717) is 17.0 Å². The van der Waals surface area contributed by atoms with Crippen molar-refractivity contribution < 1.29 is 27.5 Å². The van der Waals surface area contributed by atoms with Gasteiger partial charge in [0.1, 0.15) is 5.69 Å². The normalized spacial score (nSPS) is 16.6. The summed E-state index contributed by atoms with van der Waals surface area (Å²) in [6.07, 6.45) is -3.89. The number of amides is 1. The van der Waals surface area contributed by atoms with Crippen LogP contribution in [-0.4, -0.2) is 35.3 Å². The molecule has 9 heteroatoms. The lowest BCUT2D eigenvalue weighted by molar-refractivity contribution is -0.137. The van der Waals surface area contributed by atoms with Gasteiger partial charge in [0.05, 0.1) is 29.1 Å². The molecule has 160 valence electrons. The van der Waals surface area contributed by atoms with Crippen molar-refractivity contribution in [2.24, 2.45) is 0 Å². The molecule has 5 nitrogen and oxygen atoms in total. The fourth-order valence-electron chi connectivity index (χ4n) is 3.17. The summed E-state index contributed by atoms with van der Waals surface area (Å²) >= 11 is 1.44. The van der Waals surface area contributed by atoms with E-state index in [1.165, 1.54) is 34.9 Å². The predicted octanol–water partition coefficient (Wildman–Crippen LogP) is 5.12. The molecule has 2 aromatic rings. The summed E-state index contributed by atoms with van der Waals surface area (Å²) in [5.74, 6) is -1.05. The fraction of sp³-hybridized carbons (Fsp3) is 0.381. The van der Waals surface area contributed by atoms with Gasteiger partial charge in [-0.3, -0.25) is 4.79 Å². The fourth-order valence-corrected chi connectivity index (χ4v) is 4.26. The van der Waals surface area contributed by atoms with Crippen molar-refractivity contribution in [3.8, 4) is 0 Å². The number of fused-ring (bicyclic) bond motifs is 1. The quantitative estimate of drug-likeness (QED) is 0.623. The molecular formula is C21H21F3N2O3S. The summed E-state index contributed by atoms with van der Waals surface area (Å²) in [5.41, 5.74) is 0.0342. The Morgan fingerprint density at radius 2 is 2.00 bits per heavy atom. The Labute approximate surface area is 176 Å². The Hall–Kier alpha value is -2.55. The molecule has 3 rings (SSSR count). The first kappa shape index (κ1) is 22.1. The predicted molar refractivity (Wildman–Crippen MR) is 108 cm³/mol. The van der Waals surface area contributed by atoms with Gasteiger partial charge in [-0.15, -0.1) is 11.8 Å². The molecule has 0 saturated heterocycles. The second kappa shape index (κ2) is 8.67. The maximum Gasteiger partial charge on any atom is 0.416 e. The van der Waals surface area contributed by atoms with Crippen molar-refractivity contribution in [2.75, 3.05) is 18.1 Å². The number of pyridine rings is 1. The highest BCUT2D eigenvalue weighted by Crippen LogP contribution is 2.41. The van der Waals surface area contributed by atoms with Crippen LogP contribution in [0.2, 0.25) is 0 Å². The number of carbonyl (C=O) groups is 2. The minimum atomic E-state index is -4.51. The molecule has 30 heavy (non-hydrogen) atoms. The molecule has 1 unspecified atom stereocenters. The number of ether oxygens (including phenoxy) is 1. The van der Waals surface area contributed by atoms with Crippen LogP contribution in [0.1, 0.15) is 52.4 Å². The lowest BCUT2D eigenvalue weighted by Gasteiger charge is -2.23. The number of carbonyl (C=O) groups excluding carboxylic acids is 2. The standard InChI is InChI=1S/C21H21F3N2O3S/c1-4-29-20(28)15-6-7-16(25-13(15)3)19(27)26-10-9-12(2)30-18-8-5-14(11-17(18)26)21(22,23)24/h5-8,11-12H,4,9-10H2,1-3H3. The zero-order chi connectivity index (χ0) is 22.1. The van der Waals surface area contributed by atoms with Gasteiger partial charge in [-0.25, -0.2) is 9.78 Å². The van der Waals surface area contributed by atoms with E-state index in [1.807, 2.05) is 6.92 Å². The lowest BCUT2D eigenvalue weighted by Crippen LogP contribution is -2.33. The summed E-state index contributed by atoms with van der Waals surface area (Å²) in [4.78, 5) is 31.3. The second-order valence-electron chi connectivity index (χ2n) is 6.90. The van der Waals surface area contributed by atoms with Gasteiger partial charge in [-0.1, -0.05) is 6.92 Å². The largest absolute Gasteiger partial charge is 0.462 e. The maximum absolute atomic E-state index is 13.3. The Morgan fingerprint density at radius 3 is 2.63 bits per heavy atom. The van der Waals surface area contributed by atoms with Gasteiger partial charge < -0.3 is 9.64 Å². The number of anilines is 1. The number of alkyl halides is 3. The van der Waals surface area contributed by atoms with Gasteiger partial charge in [0.25, 0.3) is 5.91 Å². The maximum atomic E-state index is 13.3. The second-order valence-corrected chi connectivity index (χ2v) is 8.38. The Balaban J connectivity index is 2.00. The van der Waals surface area contributed by atoms with Crippen molar-refractivity contribution in [1.82, 2.24) is 4.98 Å². The van der Waals surface area contributed by atoms with Crippen LogP contribution < -0.4 is 4.90 Å².